The van der Waals surface area contributed by atoms with Crippen molar-refractivity contribution in [3.63, 3.8) is 0 Å². The van der Waals surface area contributed by atoms with Crippen molar-refractivity contribution < 1.29 is 31.3 Å². The van der Waals surface area contributed by atoms with Crippen molar-refractivity contribution in [3.05, 3.63) is 74.6 Å². The van der Waals surface area contributed by atoms with Gasteiger partial charge in [0.15, 0.2) is 0 Å². The number of rotatable bonds is 3. The summed E-state index contributed by atoms with van der Waals surface area (Å²) in [5.74, 6) is 0. The minimum atomic E-state index is 0. The van der Waals surface area contributed by atoms with Crippen molar-refractivity contribution in [1.82, 2.24) is 0 Å². The molecule has 1 aromatic rings. The zero-order chi connectivity index (χ0) is 14.1. The molecule has 0 spiro atoms. The maximum absolute atomic E-state index is 7.50. The molecule has 92 valence electrons. The van der Waals surface area contributed by atoms with Gasteiger partial charge in [0.25, 0.3) is 0 Å². The SMILES string of the molecule is C=CCc1ccccc1C=C.[C-]#[O+].[C-]#[O+].[C-]#[O+].[Cr]. The van der Waals surface area contributed by atoms with Crippen LogP contribution in [0.5, 0.6) is 0 Å². The van der Waals surface area contributed by atoms with Gasteiger partial charge >= 0.3 is 33.9 Å². The van der Waals surface area contributed by atoms with E-state index in [4.69, 9.17) is 14.0 Å². The van der Waals surface area contributed by atoms with Gasteiger partial charge in [-0.3, -0.25) is 0 Å². The standard InChI is InChI=1S/C11H12.3CO.Cr/c1-3-7-11-9-6-5-8-10(11)4-2;3*1-2;/h3-6,8-9H,1-2,7H2;;;;. The molecular weight excluding hydrogens is 268 g/mol. The summed E-state index contributed by atoms with van der Waals surface area (Å²) in [5, 5.41) is 0. The maximum Gasteiger partial charge on any atom is 0 e. The van der Waals surface area contributed by atoms with E-state index >= 15 is 0 Å². The number of hydrogen-bond donors (Lipinski definition) is 0. The molecule has 3 nitrogen and oxygen atoms in total. The maximum atomic E-state index is 7.50. The van der Waals surface area contributed by atoms with E-state index in [0.717, 1.165) is 6.42 Å². The van der Waals surface area contributed by atoms with Gasteiger partial charge in [0.05, 0.1) is 0 Å². The van der Waals surface area contributed by atoms with Crippen LogP contribution in [0.25, 0.3) is 6.08 Å². The third kappa shape index (κ3) is 12.5. The normalized spacial score (nSPS) is 5.89. The van der Waals surface area contributed by atoms with Crippen LogP contribution in [0, 0.1) is 20.0 Å². The third-order valence-corrected chi connectivity index (χ3v) is 1.64. The van der Waals surface area contributed by atoms with E-state index in [1.54, 1.807) is 0 Å². The smallest absolute Gasteiger partial charge is 0 e. The molecule has 4 heteroatoms. The van der Waals surface area contributed by atoms with Crippen molar-refractivity contribution in [2.24, 2.45) is 0 Å². The molecule has 0 unspecified atom stereocenters. The van der Waals surface area contributed by atoms with Gasteiger partial charge in [0.1, 0.15) is 0 Å². The van der Waals surface area contributed by atoms with Crippen LogP contribution >= 0.6 is 0 Å². The Labute approximate surface area is 119 Å². The van der Waals surface area contributed by atoms with Gasteiger partial charge < -0.3 is 0 Å². The Kier molecular flexibility index (Phi) is 34.6. The summed E-state index contributed by atoms with van der Waals surface area (Å²) >= 11 is 0. The molecule has 18 heavy (non-hydrogen) atoms. The molecule has 0 saturated carbocycles. The molecule has 0 heterocycles. The largest absolute Gasteiger partial charge is 0 e. The quantitative estimate of drug-likeness (QED) is 0.464. The second-order valence-electron chi connectivity index (χ2n) is 2.40. The molecule has 0 fully saturated rings. The van der Waals surface area contributed by atoms with Crippen molar-refractivity contribution in [1.29, 1.82) is 0 Å². The van der Waals surface area contributed by atoms with Crippen LogP contribution < -0.4 is 0 Å². The van der Waals surface area contributed by atoms with Crippen LogP contribution in [-0.4, -0.2) is 0 Å². The Bertz CT molecular complexity index is 364. The summed E-state index contributed by atoms with van der Waals surface area (Å²) < 4.78 is 22.5. The predicted octanol–water partition coefficient (Wildman–Crippen LogP) is 2.94. The van der Waals surface area contributed by atoms with Crippen molar-refractivity contribution >= 4 is 6.08 Å². The van der Waals surface area contributed by atoms with E-state index in [9.17, 15) is 0 Å². The summed E-state index contributed by atoms with van der Waals surface area (Å²) in [4.78, 5) is 0. The summed E-state index contributed by atoms with van der Waals surface area (Å²) in [6.45, 7) is 20.9. The third-order valence-electron chi connectivity index (χ3n) is 1.64. The fourth-order valence-electron chi connectivity index (χ4n) is 1.07. The zero-order valence-corrected chi connectivity index (χ0v) is 11.0. The van der Waals surface area contributed by atoms with Gasteiger partial charge in [-0.2, -0.15) is 0 Å². The Balaban J connectivity index is -0.000000123. The Hall–Kier alpha value is -1.55. The monoisotopic (exact) mass is 280 g/mol. The van der Waals surface area contributed by atoms with Crippen LogP contribution in [0.4, 0.5) is 0 Å². The first-order valence-electron chi connectivity index (χ1n) is 4.31. The molecule has 0 aromatic heterocycles. The van der Waals surface area contributed by atoms with E-state index in [1.807, 2.05) is 24.3 Å². The second kappa shape index (κ2) is 24.6. The van der Waals surface area contributed by atoms with Crippen LogP contribution in [0.2, 0.25) is 0 Å². The first-order valence-corrected chi connectivity index (χ1v) is 4.31. The van der Waals surface area contributed by atoms with Crippen LogP contribution in [0.15, 0.2) is 43.5 Å². The van der Waals surface area contributed by atoms with E-state index in [2.05, 4.69) is 45.2 Å². The molecule has 0 aliphatic heterocycles. The average Bonchev–Trinajstić information content (AvgIpc) is 2.46. The van der Waals surface area contributed by atoms with Crippen molar-refractivity contribution in [2.75, 3.05) is 0 Å². The van der Waals surface area contributed by atoms with Gasteiger partial charge in [0.2, 0.25) is 0 Å². The van der Waals surface area contributed by atoms with Gasteiger partial charge in [0, 0.05) is 17.4 Å². The Morgan fingerprint density at radius 3 is 1.78 bits per heavy atom. The molecule has 0 amide bonds. The van der Waals surface area contributed by atoms with E-state index < -0.39 is 0 Å². The van der Waals surface area contributed by atoms with Crippen molar-refractivity contribution in [2.45, 2.75) is 6.42 Å². The fourth-order valence-corrected chi connectivity index (χ4v) is 1.07. The van der Waals surface area contributed by atoms with Crippen molar-refractivity contribution in [3.8, 4) is 0 Å². The first kappa shape index (κ1) is 25.3. The minimum absolute atomic E-state index is 0. The molecule has 0 N–H and O–H groups in total. The summed E-state index contributed by atoms with van der Waals surface area (Å²) in [6.07, 6.45) is 4.70. The fraction of sp³-hybridized carbons (Fsp3) is 0.0714. The van der Waals surface area contributed by atoms with Gasteiger partial charge in [-0.15, -0.1) is 6.58 Å². The Morgan fingerprint density at radius 1 is 0.944 bits per heavy atom. The topological polar surface area (TPSA) is 59.7 Å². The zero-order valence-electron chi connectivity index (χ0n) is 9.72. The first-order chi connectivity index (χ1) is 8.38. The second-order valence-corrected chi connectivity index (χ2v) is 2.40. The molecule has 0 aliphatic carbocycles. The van der Waals surface area contributed by atoms with E-state index in [1.165, 1.54) is 11.1 Å². The average molecular weight is 280 g/mol. The number of benzene rings is 1. The van der Waals surface area contributed by atoms with E-state index in [0.29, 0.717) is 0 Å². The number of allylic oxidation sites excluding steroid dienone is 1. The van der Waals surface area contributed by atoms with Gasteiger partial charge in [-0.25, -0.2) is 0 Å². The molecule has 0 bridgehead atoms. The van der Waals surface area contributed by atoms with Crippen LogP contribution in [0.3, 0.4) is 0 Å². The molecule has 0 saturated heterocycles. The van der Waals surface area contributed by atoms with Gasteiger partial charge in [-0.05, 0) is 17.5 Å². The molecule has 0 atom stereocenters. The molecule has 0 aliphatic rings. The molecule has 1 rings (SSSR count). The van der Waals surface area contributed by atoms with Gasteiger partial charge in [-0.1, -0.05) is 43.0 Å². The van der Waals surface area contributed by atoms with Crippen LogP contribution in [-0.2, 0) is 37.7 Å². The summed E-state index contributed by atoms with van der Waals surface area (Å²) in [6, 6.07) is 8.21. The molecular formula is C14H12CrO3. The van der Waals surface area contributed by atoms with Crippen LogP contribution in [0.1, 0.15) is 11.1 Å². The summed E-state index contributed by atoms with van der Waals surface area (Å²) in [7, 11) is 0. The molecule has 0 radical (unpaired) electrons. The molecule has 1 aromatic carbocycles. The number of hydrogen-bond acceptors (Lipinski definition) is 0. The summed E-state index contributed by atoms with van der Waals surface area (Å²) in [5.41, 5.74) is 2.49. The predicted molar refractivity (Wildman–Crippen MR) is 62.2 cm³/mol. The Morgan fingerprint density at radius 2 is 1.39 bits per heavy atom. The van der Waals surface area contributed by atoms with E-state index in [-0.39, 0.29) is 17.4 Å². The minimum Gasteiger partial charge on any atom is 0 e.